The van der Waals surface area contributed by atoms with E-state index in [2.05, 4.69) is 4.52 Å². The first-order chi connectivity index (χ1) is 7.45. The maximum Gasteiger partial charge on any atom is 0.392 e. The summed E-state index contributed by atoms with van der Waals surface area (Å²) in [5.41, 5.74) is -0.118. The van der Waals surface area contributed by atoms with Crippen molar-refractivity contribution in [2.75, 3.05) is 6.61 Å². The number of benzene rings is 1. The zero-order valence-electron chi connectivity index (χ0n) is 8.63. The summed E-state index contributed by atoms with van der Waals surface area (Å²) in [6.45, 7) is 1.62. The van der Waals surface area contributed by atoms with Crippen LogP contribution in [0.2, 0.25) is 5.02 Å². The Kier molecular flexibility index (Phi) is 4.56. The summed E-state index contributed by atoms with van der Waals surface area (Å²) >= 11 is 5.68. The number of rotatable bonds is 4. The third kappa shape index (κ3) is 3.65. The third-order valence-electron chi connectivity index (χ3n) is 1.76. The van der Waals surface area contributed by atoms with Gasteiger partial charge in [0.05, 0.1) is 6.61 Å². The van der Waals surface area contributed by atoms with Gasteiger partial charge < -0.3 is 14.5 Å². The molecule has 0 fully saturated rings. The van der Waals surface area contributed by atoms with E-state index in [1.165, 1.54) is 6.08 Å². The van der Waals surface area contributed by atoms with Gasteiger partial charge in [0.2, 0.25) is 5.50 Å². The second-order valence-corrected chi connectivity index (χ2v) is 5.19. The first-order valence-corrected chi connectivity index (χ1v) is 6.55. The molecule has 0 aliphatic heterocycles. The van der Waals surface area contributed by atoms with Crippen molar-refractivity contribution in [2.45, 2.75) is 6.92 Å². The standard InChI is InChI=1S/C10H12ClO4P/c1-2-15-16(13,14)10(12)7-8-3-5-9(11)6-4-8/h3-7,12H,2H2,1H3,(H,13,14). The lowest BCUT2D eigenvalue weighted by Gasteiger charge is -2.09. The number of halogens is 1. The van der Waals surface area contributed by atoms with Crippen LogP contribution in [0.3, 0.4) is 0 Å². The molecular weight excluding hydrogens is 251 g/mol. The Labute approximate surface area is 98.7 Å². The molecule has 0 saturated carbocycles. The van der Waals surface area contributed by atoms with Gasteiger partial charge in [-0.1, -0.05) is 23.7 Å². The predicted molar refractivity (Wildman–Crippen MR) is 63.5 cm³/mol. The van der Waals surface area contributed by atoms with E-state index >= 15 is 0 Å². The quantitative estimate of drug-likeness (QED) is 0.644. The van der Waals surface area contributed by atoms with Crippen molar-refractivity contribution in [1.82, 2.24) is 0 Å². The Bertz CT molecular complexity index is 427. The lowest BCUT2D eigenvalue weighted by Crippen LogP contribution is -1.92. The number of hydrogen-bond donors (Lipinski definition) is 2. The van der Waals surface area contributed by atoms with Gasteiger partial charge in [-0.3, -0.25) is 4.57 Å². The maximum absolute atomic E-state index is 11.4. The molecule has 6 heteroatoms. The SMILES string of the molecule is CCOP(=O)(O)C(O)=Cc1ccc(Cl)cc1. The van der Waals surface area contributed by atoms with Crippen LogP contribution in [0.1, 0.15) is 12.5 Å². The molecule has 1 rings (SSSR count). The molecule has 88 valence electrons. The first kappa shape index (κ1) is 13.3. The van der Waals surface area contributed by atoms with E-state index in [-0.39, 0.29) is 6.61 Å². The highest BCUT2D eigenvalue weighted by atomic mass is 35.5. The molecule has 0 aliphatic carbocycles. The minimum atomic E-state index is -4.08. The highest BCUT2D eigenvalue weighted by molar-refractivity contribution is 7.57. The Morgan fingerprint density at radius 3 is 2.56 bits per heavy atom. The molecule has 0 amide bonds. The van der Waals surface area contributed by atoms with Crippen molar-refractivity contribution < 1.29 is 19.1 Å². The minimum Gasteiger partial charge on any atom is -0.501 e. The van der Waals surface area contributed by atoms with Gasteiger partial charge in [0, 0.05) is 5.02 Å². The van der Waals surface area contributed by atoms with Crippen LogP contribution in [0.25, 0.3) is 6.08 Å². The molecule has 16 heavy (non-hydrogen) atoms. The van der Waals surface area contributed by atoms with Crippen molar-refractivity contribution in [3.63, 3.8) is 0 Å². The Hall–Kier alpha value is -0.800. The van der Waals surface area contributed by atoms with Crippen molar-refractivity contribution in [3.05, 3.63) is 40.4 Å². The number of hydrogen-bond acceptors (Lipinski definition) is 3. The first-order valence-electron chi connectivity index (χ1n) is 4.60. The molecule has 0 heterocycles. The average Bonchev–Trinajstić information content (AvgIpc) is 2.21. The summed E-state index contributed by atoms with van der Waals surface area (Å²) in [7, 11) is -4.08. The van der Waals surface area contributed by atoms with E-state index in [0.717, 1.165) is 0 Å². The van der Waals surface area contributed by atoms with E-state index in [1.807, 2.05) is 0 Å². The molecule has 1 atom stereocenters. The van der Waals surface area contributed by atoms with Crippen LogP contribution in [0.5, 0.6) is 0 Å². The number of aliphatic hydroxyl groups excluding tert-OH is 1. The van der Waals surface area contributed by atoms with Gasteiger partial charge in [-0.2, -0.15) is 0 Å². The van der Waals surface area contributed by atoms with Gasteiger partial charge >= 0.3 is 7.60 Å². The van der Waals surface area contributed by atoms with Crippen molar-refractivity contribution in [1.29, 1.82) is 0 Å². The van der Waals surface area contributed by atoms with E-state index in [4.69, 9.17) is 11.6 Å². The molecule has 1 unspecified atom stereocenters. The van der Waals surface area contributed by atoms with Crippen LogP contribution < -0.4 is 0 Å². The molecule has 0 radical (unpaired) electrons. The topological polar surface area (TPSA) is 66.8 Å². The van der Waals surface area contributed by atoms with Gasteiger partial charge in [0.25, 0.3) is 0 Å². The molecule has 0 aromatic heterocycles. The highest BCUT2D eigenvalue weighted by Crippen LogP contribution is 2.49. The Morgan fingerprint density at radius 1 is 1.50 bits per heavy atom. The van der Waals surface area contributed by atoms with Gasteiger partial charge in [0.1, 0.15) is 0 Å². The summed E-state index contributed by atoms with van der Waals surface area (Å²) in [4.78, 5) is 9.29. The lowest BCUT2D eigenvalue weighted by molar-refractivity contribution is 0.261. The molecule has 0 bridgehead atoms. The van der Waals surface area contributed by atoms with E-state index in [1.54, 1.807) is 31.2 Å². The molecule has 4 nitrogen and oxygen atoms in total. The molecule has 1 aromatic rings. The van der Waals surface area contributed by atoms with Crippen molar-refractivity contribution in [2.24, 2.45) is 0 Å². The van der Waals surface area contributed by atoms with Gasteiger partial charge in [-0.15, -0.1) is 0 Å². The normalized spacial score (nSPS) is 15.8. The minimum absolute atomic E-state index is 0.0479. The fourth-order valence-corrected chi connectivity index (χ4v) is 1.95. The van der Waals surface area contributed by atoms with Crippen LogP contribution in [0, 0.1) is 0 Å². The summed E-state index contributed by atoms with van der Waals surface area (Å²) < 4.78 is 15.9. The van der Waals surface area contributed by atoms with Crippen LogP contribution >= 0.6 is 19.2 Å². The molecular formula is C10H12ClO4P. The predicted octanol–water partition coefficient (Wildman–Crippen LogP) is 3.42. The summed E-state index contributed by atoms with van der Waals surface area (Å²) in [6, 6.07) is 6.46. The van der Waals surface area contributed by atoms with Crippen molar-refractivity contribution in [3.8, 4) is 0 Å². The zero-order valence-corrected chi connectivity index (χ0v) is 10.3. The fraction of sp³-hybridized carbons (Fsp3) is 0.200. The molecule has 2 N–H and O–H groups in total. The molecule has 0 aliphatic rings. The van der Waals surface area contributed by atoms with Gasteiger partial charge in [-0.05, 0) is 30.7 Å². The Balaban J connectivity index is 2.92. The van der Waals surface area contributed by atoms with Crippen LogP contribution in [-0.4, -0.2) is 16.6 Å². The molecule has 0 spiro atoms. The summed E-state index contributed by atoms with van der Waals surface area (Å²) in [5.74, 6) is 0. The van der Waals surface area contributed by atoms with Gasteiger partial charge in [0.15, 0.2) is 0 Å². The zero-order chi connectivity index (χ0) is 12.2. The van der Waals surface area contributed by atoms with Crippen LogP contribution in [-0.2, 0) is 9.09 Å². The highest BCUT2D eigenvalue weighted by Gasteiger charge is 2.24. The Morgan fingerprint density at radius 2 is 2.06 bits per heavy atom. The second kappa shape index (κ2) is 5.51. The summed E-state index contributed by atoms with van der Waals surface area (Å²) in [5, 5.41) is 9.97. The summed E-state index contributed by atoms with van der Waals surface area (Å²) in [6.07, 6.45) is 1.17. The largest absolute Gasteiger partial charge is 0.501 e. The fourth-order valence-electron chi connectivity index (χ4n) is 1.03. The van der Waals surface area contributed by atoms with Gasteiger partial charge in [-0.25, -0.2) is 0 Å². The van der Waals surface area contributed by atoms with E-state index < -0.39 is 13.1 Å². The van der Waals surface area contributed by atoms with E-state index in [9.17, 15) is 14.6 Å². The molecule has 1 aromatic carbocycles. The van der Waals surface area contributed by atoms with Crippen LogP contribution in [0.4, 0.5) is 0 Å². The molecule has 0 saturated heterocycles. The van der Waals surface area contributed by atoms with Crippen LogP contribution in [0.15, 0.2) is 29.8 Å². The van der Waals surface area contributed by atoms with Crippen molar-refractivity contribution >= 4 is 25.3 Å². The lowest BCUT2D eigenvalue weighted by atomic mass is 10.2. The van der Waals surface area contributed by atoms with E-state index in [0.29, 0.717) is 10.6 Å². The average molecular weight is 263 g/mol. The smallest absolute Gasteiger partial charge is 0.392 e. The second-order valence-electron chi connectivity index (χ2n) is 2.99. The monoisotopic (exact) mass is 262 g/mol. The third-order valence-corrected chi connectivity index (χ3v) is 3.33. The number of aliphatic hydroxyl groups is 1. The maximum atomic E-state index is 11.4.